The molecular weight excluding hydrogens is 328 g/mol. The van der Waals surface area contributed by atoms with Gasteiger partial charge in [-0.2, -0.15) is 0 Å². The number of hydrogen-bond acceptors (Lipinski definition) is 3. The lowest BCUT2D eigenvalue weighted by Gasteiger charge is -2.13. The Morgan fingerprint density at radius 1 is 1.21 bits per heavy atom. The molecular formula is C17H15ClN4O2. The summed E-state index contributed by atoms with van der Waals surface area (Å²) in [6.07, 6.45) is 5.13. The molecule has 1 N–H and O–H groups in total. The third-order valence-electron chi connectivity index (χ3n) is 3.51. The number of benzene rings is 1. The maximum Gasteiger partial charge on any atom is 0.257 e. The minimum Gasteiger partial charge on any atom is -0.345 e. The minimum atomic E-state index is -0.270. The van der Waals surface area contributed by atoms with Crippen LogP contribution in [0.25, 0.3) is 5.65 Å². The van der Waals surface area contributed by atoms with Crippen LogP contribution in [0.15, 0.2) is 48.9 Å². The second kappa shape index (κ2) is 6.33. The average molecular weight is 343 g/mol. The first-order chi connectivity index (χ1) is 11.5. The van der Waals surface area contributed by atoms with Gasteiger partial charge in [0.25, 0.3) is 11.8 Å². The topological polar surface area (TPSA) is 66.7 Å². The quantitative estimate of drug-likeness (QED) is 0.795. The molecule has 0 saturated heterocycles. The molecule has 7 heteroatoms. The Bertz CT molecular complexity index is 933. The van der Waals surface area contributed by atoms with Crippen molar-refractivity contribution in [1.82, 2.24) is 14.3 Å². The fourth-order valence-corrected chi connectivity index (χ4v) is 2.53. The maximum atomic E-state index is 12.4. The zero-order chi connectivity index (χ0) is 17.3. The van der Waals surface area contributed by atoms with E-state index in [0.29, 0.717) is 16.8 Å². The number of nitrogens with zero attached hydrogens (tertiary/aromatic N) is 3. The van der Waals surface area contributed by atoms with E-state index in [4.69, 9.17) is 11.6 Å². The first kappa shape index (κ1) is 16.0. The summed E-state index contributed by atoms with van der Waals surface area (Å²) in [5, 5.41) is 3.06. The molecule has 0 aliphatic carbocycles. The summed E-state index contributed by atoms with van der Waals surface area (Å²) in [5.41, 5.74) is 2.16. The number of rotatable bonds is 3. The van der Waals surface area contributed by atoms with E-state index in [1.165, 1.54) is 4.90 Å². The largest absolute Gasteiger partial charge is 0.345 e. The second-order valence-corrected chi connectivity index (χ2v) is 5.87. The molecule has 6 nitrogen and oxygen atoms in total. The van der Waals surface area contributed by atoms with E-state index in [1.807, 2.05) is 0 Å². The zero-order valence-corrected chi connectivity index (χ0v) is 13.9. The molecule has 2 amide bonds. The zero-order valence-electron chi connectivity index (χ0n) is 13.2. The number of pyridine rings is 1. The smallest absolute Gasteiger partial charge is 0.257 e. The standard InChI is InChI=1S/C17H15ClN4O2/c1-21(2)17(24)13-5-4-12(9-14(13)18)20-16(23)11-3-6-15-19-7-8-22(15)10-11/h3-10H,1-2H3,(H,20,23). The van der Waals surface area contributed by atoms with Crippen LogP contribution in [0.2, 0.25) is 5.02 Å². The van der Waals surface area contributed by atoms with Gasteiger partial charge in [-0.3, -0.25) is 9.59 Å². The van der Waals surface area contributed by atoms with E-state index in [-0.39, 0.29) is 16.8 Å². The van der Waals surface area contributed by atoms with E-state index in [1.54, 1.807) is 67.4 Å². The Hall–Kier alpha value is -2.86. The minimum absolute atomic E-state index is 0.191. The maximum absolute atomic E-state index is 12.4. The third kappa shape index (κ3) is 3.09. The molecule has 0 saturated carbocycles. The van der Waals surface area contributed by atoms with Gasteiger partial charge in [0, 0.05) is 38.4 Å². The van der Waals surface area contributed by atoms with Crippen molar-refractivity contribution < 1.29 is 9.59 Å². The number of aromatic nitrogens is 2. The number of fused-ring (bicyclic) bond motifs is 1. The number of anilines is 1. The first-order valence-corrected chi connectivity index (χ1v) is 7.59. The summed E-state index contributed by atoms with van der Waals surface area (Å²) in [6.45, 7) is 0. The number of nitrogens with one attached hydrogen (secondary N) is 1. The van der Waals surface area contributed by atoms with Crippen LogP contribution in [0, 0.1) is 0 Å². The summed E-state index contributed by atoms with van der Waals surface area (Å²) in [5.74, 6) is -0.461. The van der Waals surface area contributed by atoms with Gasteiger partial charge >= 0.3 is 0 Å². The number of imidazole rings is 1. The number of carbonyl (C=O) groups is 2. The van der Waals surface area contributed by atoms with Gasteiger partial charge in [-0.25, -0.2) is 4.98 Å². The SMILES string of the molecule is CN(C)C(=O)c1ccc(NC(=O)c2ccc3nccn3c2)cc1Cl. The van der Waals surface area contributed by atoms with Crippen LogP contribution >= 0.6 is 11.6 Å². The van der Waals surface area contributed by atoms with Crippen LogP contribution < -0.4 is 5.32 Å². The van der Waals surface area contributed by atoms with E-state index in [9.17, 15) is 9.59 Å². The number of hydrogen-bond donors (Lipinski definition) is 1. The van der Waals surface area contributed by atoms with E-state index < -0.39 is 0 Å². The van der Waals surface area contributed by atoms with Gasteiger partial charge in [-0.05, 0) is 30.3 Å². The van der Waals surface area contributed by atoms with Crippen molar-refractivity contribution >= 4 is 34.7 Å². The van der Waals surface area contributed by atoms with Crippen LogP contribution in [0.5, 0.6) is 0 Å². The lowest BCUT2D eigenvalue weighted by molar-refractivity contribution is 0.0827. The monoisotopic (exact) mass is 342 g/mol. The van der Waals surface area contributed by atoms with Gasteiger partial charge in [0.1, 0.15) is 5.65 Å². The Morgan fingerprint density at radius 3 is 2.71 bits per heavy atom. The number of amides is 2. The first-order valence-electron chi connectivity index (χ1n) is 7.21. The molecule has 122 valence electrons. The molecule has 0 radical (unpaired) electrons. The van der Waals surface area contributed by atoms with Crippen LogP contribution in [0.4, 0.5) is 5.69 Å². The molecule has 0 atom stereocenters. The Balaban J connectivity index is 1.81. The molecule has 0 fully saturated rings. The van der Waals surface area contributed by atoms with E-state index in [0.717, 1.165) is 5.65 Å². The van der Waals surface area contributed by atoms with Gasteiger partial charge in [-0.1, -0.05) is 11.6 Å². The molecule has 0 unspecified atom stereocenters. The molecule has 3 aromatic rings. The van der Waals surface area contributed by atoms with Crippen molar-refractivity contribution in [3.8, 4) is 0 Å². The van der Waals surface area contributed by atoms with Crippen LogP contribution in [0.1, 0.15) is 20.7 Å². The predicted octanol–water partition coefficient (Wildman–Crippen LogP) is 2.94. The summed E-state index contributed by atoms with van der Waals surface area (Å²) in [6, 6.07) is 8.27. The van der Waals surface area contributed by atoms with Gasteiger partial charge in [0.15, 0.2) is 0 Å². The van der Waals surface area contributed by atoms with Crippen molar-refractivity contribution in [1.29, 1.82) is 0 Å². The lowest BCUT2D eigenvalue weighted by Crippen LogP contribution is -2.22. The number of halogens is 1. The van der Waals surface area contributed by atoms with Crippen LogP contribution in [-0.2, 0) is 0 Å². The van der Waals surface area contributed by atoms with Crippen molar-refractivity contribution in [2.75, 3.05) is 19.4 Å². The highest BCUT2D eigenvalue weighted by Gasteiger charge is 2.14. The molecule has 24 heavy (non-hydrogen) atoms. The van der Waals surface area contributed by atoms with Crippen molar-refractivity contribution in [2.24, 2.45) is 0 Å². The molecule has 0 aliphatic rings. The Kier molecular flexibility index (Phi) is 4.22. The normalized spacial score (nSPS) is 10.6. The second-order valence-electron chi connectivity index (χ2n) is 5.46. The fourth-order valence-electron chi connectivity index (χ4n) is 2.26. The van der Waals surface area contributed by atoms with E-state index in [2.05, 4.69) is 10.3 Å². The predicted molar refractivity (Wildman–Crippen MR) is 92.6 cm³/mol. The number of carbonyl (C=O) groups excluding carboxylic acids is 2. The summed E-state index contributed by atoms with van der Waals surface area (Å²) >= 11 is 6.15. The lowest BCUT2D eigenvalue weighted by atomic mass is 10.1. The van der Waals surface area contributed by atoms with Gasteiger partial charge in [-0.15, -0.1) is 0 Å². The molecule has 0 spiro atoms. The summed E-state index contributed by atoms with van der Waals surface area (Å²) < 4.78 is 1.76. The highest BCUT2D eigenvalue weighted by atomic mass is 35.5. The molecule has 1 aromatic carbocycles. The van der Waals surface area contributed by atoms with Crippen molar-refractivity contribution in [3.63, 3.8) is 0 Å². The summed E-state index contributed by atoms with van der Waals surface area (Å²) in [7, 11) is 3.31. The fraction of sp³-hybridized carbons (Fsp3) is 0.118. The van der Waals surface area contributed by atoms with Gasteiger partial charge in [0.05, 0.1) is 16.1 Å². The highest BCUT2D eigenvalue weighted by molar-refractivity contribution is 6.34. The average Bonchev–Trinajstić information content (AvgIpc) is 3.01. The molecule has 2 aromatic heterocycles. The third-order valence-corrected chi connectivity index (χ3v) is 3.83. The Labute approximate surface area is 143 Å². The molecule has 0 bridgehead atoms. The highest BCUT2D eigenvalue weighted by Crippen LogP contribution is 2.22. The summed E-state index contributed by atoms with van der Waals surface area (Å²) in [4.78, 5) is 29.9. The Morgan fingerprint density at radius 2 is 2.00 bits per heavy atom. The van der Waals surface area contributed by atoms with Gasteiger partial charge in [0.2, 0.25) is 0 Å². The molecule has 0 aliphatic heterocycles. The van der Waals surface area contributed by atoms with Crippen LogP contribution in [0.3, 0.4) is 0 Å². The molecule has 2 heterocycles. The van der Waals surface area contributed by atoms with Crippen molar-refractivity contribution in [3.05, 3.63) is 65.1 Å². The van der Waals surface area contributed by atoms with Gasteiger partial charge < -0.3 is 14.6 Å². The molecule has 3 rings (SSSR count). The van der Waals surface area contributed by atoms with Crippen molar-refractivity contribution in [2.45, 2.75) is 0 Å². The van der Waals surface area contributed by atoms with E-state index >= 15 is 0 Å². The van der Waals surface area contributed by atoms with Crippen LogP contribution in [-0.4, -0.2) is 40.2 Å².